The zero-order valence-corrected chi connectivity index (χ0v) is 12.1. The maximum Gasteiger partial charge on any atom is 0.300 e. The number of hydrogen-bond donors (Lipinski definition) is 1. The number of benzene rings is 1. The largest absolute Gasteiger partial charge is 0.347 e. The van der Waals surface area contributed by atoms with Gasteiger partial charge in [0, 0.05) is 4.88 Å². The molecule has 0 saturated carbocycles. The van der Waals surface area contributed by atoms with E-state index in [1.54, 1.807) is 0 Å². The van der Waals surface area contributed by atoms with Crippen LogP contribution in [-0.2, 0) is 6.54 Å². The summed E-state index contributed by atoms with van der Waals surface area (Å²) in [6, 6.07) is 6.25. The van der Waals surface area contributed by atoms with E-state index < -0.39 is 10.8 Å². The van der Waals surface area contributed by atoms with Crippen LogP contribution in [0.3, 0.4) is 0 Å². The zero-order chi connectivity index (χ0) is 14.7. The molecule has 1 N–H and O–H groups in total. The van der Waals surface area contributed by atoms with Crippen molar-refractivity contribution in [2.24, 2.45) is 0 Å². The quantitative estimate of drug-likeness (QED) is 0.693. The molecule has 5 nitrogen and oxygen atoms in total. The SMILES string of the molecule is Cc1ccsc1CNC(=O)c1cccc(Cl)c1[N+](=O)[O-]. The second-order valence-electron chi connectivity index (χ2n) is 4.10. The van der Waals surface area contributed by atoms with E-state index in [1.807, 2.05) is 18.4 Å². The minimum absolute atomic E-state index is 0.0308. The van der Waals surface area contributed by atoms with Gasteiger partial charge in [-0.05, 0) is 36.1 Å². The van der Waals surface area contributed by atoms with Crippen LogP contribution in [0.1, 0.15) is 20.8 Å². The molecule has 0 aliphatic rings. The Morgan fingerprint density at radius 3 is 2.80 bits per heavy atom. The van der Waals surface area contributed by atoms with Gasteiger partial charge in [0.25, 0.3) is 5.91 Å². The summed E-state index contributed by atoms with van der Waals surface area (Å²) < 4.78 is 0. The molecule has 0 atom stereocenters. The summed E-state index contributed by atoms with van der Waals surface area (Å²) in [6.07, 6.45) is 0. The van der Waals surface area contributed by atoms with Crippen molar-refractivity contribution in [3.63, 3.8) is 0 Å². The number of nitro benzene ring substituents is 1. The van der Waals surface area contributed by atoms with Gasteiger partial charge in [-0.1, -0.05) is 17.7 Å². The molecule has 0 spiro atoms. The Kier molecular flexibility index (Phi) is 4.36. The Labute approximate surface area is 124 Å². The molecule has 0 radical (unpaired) electrons. The Morgan fingerprint density at radius 2 is 2.20 bits per heavy atom. The van der Waals surface area contributed by atoms with Crippen molar-refractivity contribution in [3.05, 3.63) is 60.8 Å². The van der Waals surface area contributed by atoms with E-state index in [2.05, 4.69) is 5.32 Å². The zero-order valence-electron chi connectivity index (χ0n) is 10.6. The number of nitrogens with zero attached hydrogens (tertiary/aromatic N) is 1. The van der Waals surface area contributed by atoms with Crippen LogP contribution >= 0.6 is 22.9 Å². The van der Waals surface area contributed by atoms with E-state index in [-0.39, 0.29) is 16.3 Å². The van der Waals surface area contributed by atoms with Crippen LogP contribution < -0.4 is 5.32 Å². The third kappa shape index (κ3) is 2.97. The third-order valence-electron chi connectivity index (χ3n) is 2.79. The second-order valence-corrected chi connectivity index (χ2v) is 5.51. The van der Waals surface area contributed by atoms with Gasteiger partial charge in [-0.15, -0.1) is 11.3 Å². The fourth-order valence-electron chi connectivity index (χ4n) is 1.73. The topological polar surface area (TPSA) is 72.2 Å². The molecule has 0 aliphatic carbocycles. The highest BCUT2D eigenvalue weighted by atomic mass is 35.5. The molecule has 0 unspecified atom stereocenters. The molecule has 1 heterocycles. The Hall–Kier alpha value is -1.92. The molecule has 2 aromatic rings. The van der Waals surface area contributed by atoms with E-state index in [1.165, 1.54) is 29.5 Å². The van der Waals surface area contributed by atoms with Gasteiger partial charge in [0.05, 0.1) is 11.5 Å². The Balaban J connectivity index is 2.20. The lowest BCUT2D eigenvalue weighted by molar-refractivity contribution is -0.385. The van der Waals surface area contributed by atoms with E-state index in [0.717, 1.165) is 10.4 Å². The summed E-state index contributed by atoms with van der Waals surface area (Å²) in [5.74, 6) is -0.507. The summed E-state index contributed by atoms with van der Waals surface area (Å²) in [4.78, 5) is 23.4. The number of amides is 1. The molecule has 20 heavy (non-hydrogen) atoms. The van der Waals surface area contributed by atoms with Crippen molar-refractivity contribution in [2.45, 2.75) is 13.5 Å². The van der Waals surface area contributed by atoms with Crippen LogP contribution in [0.15, 0.2) is 29.6 Å². The first-order chi connectivity index (χ1) is 9.50. The smallest absolute Gasteiger partial charge is 0.300 e. The van der Waals surface area contributed by atoms with Gasteiger partial charge in [-0.25, -0.2) is 0 Å². The van der Waals surface area contributed by atoms with Crippen molar-refractivity contribution in [1.29, 1.82) is 0 Å². The average Bonchev–Trinajstić information content (AvgIpc) is 2.80. The van der Waals surface area contributed by atoms with Gasteiger partial charge in [0.2, 0.25) is 0 Å². The first kappa shape index (κ1) is 14.5. The Bertz CT molecular complexity index is 669. The first-order valence-electron chi connectivity index (χ1n) is 5.74. The number of carbonyl (C=O) groups excluding carboxylic acids is 1. The number of halogens is 1. The summed E-state index contributed by atoms with van der Waals surface area (Å²) in [7, 11) is 0. The van der Waals surface area contributed by atoms with Crippen LogP contribution in [0.4, 0.5) is 5.69 Å². The number of aryl methyl sites for hydroxylation is 1. The lowest BCUT2D eigenvalue weighted by Gasteiger charge is -2.06. The van der Waals surface area contributed by atoms with Gasteiger partial charge in [-0.3, -0.25) is 14.9 Å². The van der Waals surface area contributed by atoms with E-state index in [4.69, 9.17) is 11.6 Å². The van der Waals surface area contributed by atoms with Gasteiger partial charge in [-0.2, -0.15) is 0 Å². The fourth-order valence-corrected chi connectivity index (χ4v) is 2.81. The highest BCUT2D eigenvalue weighted by Crippen LogP contribution is 2.28. The molecule has 1 amide bonds. The fraction of sp³-hybridized carbons (Fsp3) is 0.154. The number of rotatable bonds is 4. The van der Waals surface area contributed by atoms with Crippen molar-refractivity contribution in [3.8, 4) is 0 Å². The third-order valence-corrected chi connectivity index (χ3v) is 4.12. The van der Waals surface area contributed by atoms with Crippen LogP contribution in [-0.4, -0.2) is 10.8 Å². The summed E-state index contributed by atoms with van der Waals surface area (Å²) in [5.41, 5.74) is 0.683. The number of nitro groups is 1. The van der Waals surface area contributed by atoms with Crippen molar-refractivity contribution < 1.29 is 9.72 Å². The molecule has 1 aromatic heterocycles. The van der Waals surface area contributed by atoms with Crippen molar-refractivity contribution in [2.75, 3.05) is 0 Å². The second kappa shape index (κ2) is 6.02. The van der Waals surface area contributed by atoms with Gasteiger partial charge in [0.15, 0.2) is 0 Å². The predicted molar refractivity (Wildman–Crippen MR) is 78.3 cm³/mol. The van der Waals surface area contributed by atoms with Crippen LogP contribution in [0.2, 0.25) is 5.02 Å². The molecule has 1 aromatic carbocycles. The standard InChI is InChI=1S/C13H11ClN2O3S/c1-8-5-6-20-11(8)7-15-13(17)9-3-2-4-10(14)12(9)16(18)19/h2-6H,7H2,1H3,(H,15,17). The van der Waals surface area contributed by atoms with Crippen molar-refractivity contribution in [1.82, 2.24) is 5.32 Å². The molecule has 7 heteroatoms. The maximum absolute atomic E-state index is 12.1. The number of hydrogen-bond acceptors (Lipinski definition) is 4. The lowest BCUT2D eigenvalue weighted by atomic mass is 10.1. The molecule has 0 bridgehead atoms. The van der Waals surface area contributed by atoms with Crippen molar-refractivity contribution >= 4 is 34.5 Å². The maximum atomic E-state index is 12.1. The van der Waals surface area contributed by atoms with Crippen LogP contribution in [0.5, 0.6) is 0 Å². The van der Waals surface area contributed by atoms with E-state index in [0.29, 0.717) is 6.54 Å². The van der Waals surface area contributed by atoms with Gasteiger partial charge in [0.1, 0.15) is 10.6 Å². The van der Waals surface area contributed by atoms with Gasteiger partial charge >= 0.3 is 5.69 Å². The van der Waals surface area contributed by atoms with Crippen LogP contribution in [0.25, 0.3) is 0 Å². The minimum atomic E-state index is -0.645. The highest BCUT2D eigenvalue weighted by Gasteiger charge is 2.23. The van der Waals surface area contributed by atoms with E-state index in [9.17, 15) is 14.9 Å². The number of thiophene rings is 1. The predicted octanol–water partition coefficient (Wildman–Crippen LogP) is 3.55. The number of nitrogens with one attached hydrogen (secondary N) is 1. The molecule has 2 rings (SSSR count). The normalized spacial score (nSPS) is 10.3. The van der Waals surface area contributed by atoms with E-state index >= 15 is 0 Å². The summed E-state index contributed by atoms with van der Waals surface area (Å²) in [6.45, 7) is 2.28. The molecule has 104 valence electrons. The molecule has 0 aliphatic heterocycles. The number of carbonyl (C=O) groups is 1. The van der Waals surface area contributed by atoms with Crippen LogP contribution in [0, 0.1) is 17.0 Å². The first-order valence-corrected chi connectivity index (χ1v) is 7.00. The number of para-hydroxylation sites is 1. The minimum Gasteiger partial charge on any atom is -0.347 e. The molecule has 0 fully saturated rings. The molecular weight excluding hydrogens is 300 g/mol. The monoisotopic (exact) mass is 310 g/mol. The molecular formula is C13H11ClN2O3S. The Morgan fingerprint density at radius 1 is 1.45 bits per heavy atom. The average molecular weight is 311 g/mol. The summed E-state index contributed by atoms with van der Waals surface area (Å²) >= 11 is 7.30. The lowest BCUT2D eigenvalue weighted by Crippen LogP contribution is -2.23. The van der Waals surface area contributed by atoms with Gasteiger partial charge < -0.3 is 5.32 Å². The highest BCUT2D eigenvalue weighted by molar-refractivity contribution is 7.10. The summed E-state index contributed by atoms with van der Waals surface area (Å²) in [5, 5.41) is 15.5. The molecule has 0 saturated heterocycles.